The Balaban J connectivity index is 2.52. The molecule has 108 valence electrons. The summed E-state index contributed by atoms with van der Waals surface area (Å²) in [5.74, 6) is -2.58. The van der Waals surface area contributed by atoms with Gasteiger partial charge in [-0.15, -0.1) is 0 Å². The molecule has 0 aliphatic rings. The number of aliphatic carboxylic acids is 1. The minimum absolute atomic E-state index is 0.000114. The van der Waals surface area contributed by atoms with E-state index < -0.39 is 30.2 Å². The number of carbonyl (C=O) groups is 3. The van der Waals surface area contributed by atoms with Crippen LogP contribution in [0.4, 0.5) is 0 Å². The number of para-hydroxylation sites is 1. The van der Waals surface area contributed by atoms with Gasteiger partial charge in [-0.25, -0.2) is 4.79 Å². The summed E-state index contributed by atoms with van der Waals surface area (Å²) < 4.78 is 0. The Bertz CT molecular complexity index is 515. The number of nitrogens with two attached hydrogens (primary N) is 1. The first-order valence-corrected chi connectivity index (χ1v) is 5.97. The first-order chi connectivity index (χ1) is 9.40. The minimum Gasteiger partial charge on any atom is -0.508 e. The zero-order chi connectivity index (χ0) is 15.1. The molecule has 1 aromatic carbocycles. The fourth-order valence-corrected chi connectivity index (χ4v) is 1.64. The van der Waals surface area contributed by atoms with Gasteiger partial charge in [0.25, 0.3) is 0 Å². The molecule has 0 heterocycles. The second-order valence-corrected chi connectivity index (χ2v) is 4.26. The summed E-state index contributed by atoms with van der Waals surface area (Å²) >= 11 is 0. The Hall–Kier alpha value is -2.57. The zero-order valence-electron chi connectivity index (χ0n) is 10.7. The van der Waals surface area contributed by atoms with Gasteiger partial charge in [-0.3, -0.25) is 9.59 Å². The van der Waals surface area contributed by atoms with Gasteiger partial charge in [0.15, 0.2) is 0 Å². The maximum atomic E-state index is 11.6. The van der Waals surface area contributed by atoms with Crippen molar-refractivity contribution in [2.45, 2.75) is 25.3 Å². The third-order valence-electron chi connectivity index (χ3n) is 2.65. The quantitative estimate of drug-likeness (QED) is 0.548. The fraction of sp³-hybridized carbons (Fsp3) is 0.308. The van der Waals surface area contributed by atoms with Gasteiger partial charge in [0, 0.05) is 6.42 Å². The van der Waals surface area contributed by atoms with Crippen molar-refractivity contribution in [3.8, 4) is 5.75 Å². The van der Waals surface area contributed by atoms with Crippen LogP contribution in [0.1, 0.15) is 18.4 Å². The van der Waals surface area contributed by atoms with Gasteiger partial charge < -0.3 is 21.3 Å². The van der Waals surface area contributed by atoms with E-state index in [2.05, 4.69) is 5.32 Å². The van der Waals surface area contributed by atoms with Crippen LogP contribution in [0.25, 0.3) is 0 Å². The van der Waals surface area contributed by atoms with Gasteiger partial charge in [-0.1, -0.05) is 18.2 Å². The molecule has 0 aliphatic heterocycles. The van der Waals surface area contributed by atoms with Crippen molar-refractivity contribution in [2.75, 3.05) is 0 Å². The Kier molecular flexibility index (Phi) is 5.52. The fourth-order valence-electron chi connectivity index (χ4n) is 1.64. The third kappa shape index (κ3) is 4.97. The van der Waals surface area contributed by atoms with E-state index in [0.29, 0.717) is 5.56 Å². The monoisotopic (exact) mass is 280 g/mol. The maximum Gasteiger partial charge on any atom is 0.326 e. The number of nitrogens with one attached hydrogen (secondary N) is 1. The highest BCUT2D eigenvalue weighted by molar-refractivity contribution is 5.88. The van der Waals surface area contributed by atoms with Crippen molar-refractivity contribution in [1.29, 1.82) is 0 Å². The minimum atomic E-state index is -1.33. The molecule has 1 aromatic rings. The lowest BCUT2D eigenvalue weighted by molar-refractivity contribution is -0.143. The molecule has 0 saturated heterocycles. The van der Waals surface area contributed by atoms with Gasteiger partial charge in [0.05, 0.1) is 6.42 Å². The van der Waals surface area contributed by atoms with Crippen LogP contribution in [0.15, 0.2) is 24.3 Å². The van der Waals surface area contributed by atoms with E-state index in [1.807, 2.05) is 0 Å². The number of rotatable bonds is 7. The van der Waals surface area contributed by atoms with Gasteiger partial charge in [-0.05, 0) is 18.1 Å². The molecule has 0 spiro atoms. The molecule has 0 bridgehead atoms. The molecular weight excluding hydrogens is 264 g/mol. The summed E-state index contributed by atoms with van der Waals surface area (Å²) in [5, 5.41) is 20.6. The summed E-state index contributed by atoms with van der Waals surface area (Å²) in [5.41, 5.74) is 5.49. The van der Waals surface area contributed by atoms with E-state index in [0.717, 1.165) is 0 Å². The summed E-state index contributed by atoms with van der Waals surface area (Å²) in [6.07, 6.45) is -0.195. The molecule has 1 rings (SSSR count). The Morgan fingerprint density at radius 3 is 2.45 bits per heavy atom. The van der Waals surface area contributed by atoms with Crippen LogP contribution in [-0.4, -0.2) is 34.0 Å². The van der Waals surface area contributed by atoms with E-state index in [9.17, 15) is 19.5 Å². The lowest BCUT2D eigenvalue weighted by Crippen LogP contribution is -2.43. The normalized spacial score (nSPS) is 11.6. The highest BCUT2D eigenvalue weighted by atomic mass is 16.4. The van der Waals surface area contributed by atoms with Crippen LogP contribution < -0.4 is 11.1 Å². The Morgan fingerprint density at radius 1 is 1.25 bits per heavy atom. The second-order valence-electron chi connectivity index (χ2n) is 4.26. The van der Waals surface area contributed by atoms with Crippen molar-refractivity contribution >= 4 is 17.8 Å². The summed E-state index contributed by atoms with van der Waals surface area (Å²) in [6.45, 7) is 0. The standard InChI is InChI=1S/C13H16N2O5/c14-11(17)7-9(13(19)20)15-12(18)6-5-8-3-1-2-4-10(8)16/h1-4,9,16H,5-7H2,(H2,14,17)(H,15,18)(H,19,20)/t9-/m1/s1. The molecule has 0 aliphatic carbocycles. The Labute approximate surface area is 115 Å². The van der Waals surface area contributed by atoms with E-state index in [4.69, 9.17) is 10.8 Å². The van der Waals surface area contributed by atoms with Crippen LogP contribution in [0.5, 0.6) is 5.75 Å². The number of carboxylic acid groups (broad SMARTS) is 1. The smallest absolute Gasteiger partial charge is 0.326 e. The Morgan fingerprint density at radius 2 is 1.90 bits per heavy atom. The van der Waals surface area contributed by atoms with E-state index in [1.165, 1.54) is 6.07 Å². The number of hydrogen-bond acceptors (Lipinski definition) is 4. The van der Waals surface area contributed by atoms with Crippen LogP contribution in [-0.2, 0) is 20.8 Å². The average molecular weight is 280 g/mol. The topological polar surface area (TPSA) is 130 Å². The van der Waals surface area contributed by atoms with Crippen molar-refractivity contribution in [2.24, 2.45) is 5.73 Å². The van der Waals surface area contributed by atoms with Crippen molar-refractivity contribution in [1.82, 2.24) is 5.32 Å². The maximum absolute atomic E-state index is 11.6. The number of aromatic hydroxyl groups is 1. The van der Waals surface area contributed by atoms with E-state index in [-0.39, 0.29) is 18.6 Å². The lowest BCUT2D eigenvalue weighted by Gasteiger charge is -2.12. The van der Waals surface area contributed by atoms with Crippen LogP contribution in [0.2, 0.25) is 0 Å². The van der Waals surface area contributed by atoms with E-state index in [1.54, 1.807) is 18.2 Å². The molecule has 1 atom stereocenters. The second kappa shape index (κ2) is 7.13. The highest BCUT2D eigenvalue weighted by Gasteiger charge is 2.21. The highest BCUT2D eigenvalue weighted by Crippen LogP contribution is 2.17. The summed E-state index contributed by atoms with van der Waals surface area (Å²) in [6, 6.07) is 5.22. The molecule has 0 fully saturated rings. The molecular formula is C13H16N2O5. The molecule has 0 aromatic heterocycles. The molecule has 7 nitrogen and oxygen atoms in total. The van der Waals surface area contributed by atoms with Crippen molar-refractivity contribution < 1.29 is 24.6 Å². The van der Waals surface area contributed by atoms with Gasteiger partial charge in [0.1, 0.15) is 11.8 Å². The average Bonchev–Trinajstić information content (AvgIpc) is 2.36. The van der Waals surface area contributed by atoms with Crippen LogP contribution in [0.3, 0.4) is 0 Å². The number of primary amides is 1. The molecule has 0 saturated carbocycles. The third-order valence-corrected chi connectivity index (χ3v) is 2.65. The molecule has 0 radical (unpaired) electrons. The number of carboxylic acids is 1. The predicted molar refractivity (Wildman–Crippen MR) is 69.8 cm³/mol. The number of benzene rings is 1. The van der Waals surface area contributed by atoms with Crippen molar-refractivity contribution in [3.05, 3.63) is 29.8 Å². The number of aryl methyl sites for hydroxylation is 1. The number of phenols is 1. The first kappa shape index (κ1) is 15.5. The number of carbonyl (C=O) groups excluding carboxylic acids is 2. The molecule has 5 N–H and O–H groups in total. The number of amides is 2. The summed E-state index contributed by atoms with van der Waals surface area (Å²) in [4.78, 5) is 33.1. The van der Waals surface area contributed by atoms with Crippen LogP contribution >= 0.6 is 0 Å². The molecule has 7 heteroatoms. The van der Waals surface area contributed by atoms with Crippen molar-refractivity contribution in [3.63, 3.8) is 0 Å². The van der Waals surface area contributed by atoms with E-state index >= 15 is 0 Å². The van der Waals surface area contributed by atoms with Gasteiger partial charge in [0.2, 0.25) is 11.8 Å². The predicted octanol–water partition coefficient (Wildman–Crippen LogP) is -0.230. The number of hydrogen-bond donors (Lipinski definition) is 4. The van der Waals surface area contributed by atoms with Gasteiger partial charge >= 0.3 is 5.97 Å². The number of phenolic OH excluding ortho intramolecular Hbond substituents is 1. The molecule has 0 unspecified atom stereocenters. The SMILES string of the molecule is NC(=O)C[C@@H](NC(=O)CCc1ccccc1O)C(=O)O. The lowest BCUT2D eigenvalue weighted by atomic mass is 10.1. The first-order valence-electron chi connectivity index (χ1n) is 5.97. The molecule has 2 amide bonds. The van der Waals surface area contributed by atoms with Gasteiger partial charge in [-0.2, -0.15) is 0 Å². The van der Waals surface area contributed by atoms with Crippen LogP contribution in [0, 0.1) is 0 Å². The molecule has 20 heavy (non-hydrogen) atoms. The summed E-state index contributed by atoms with van der Waals surface area (Å²) in [7, 11) is 0. The zero-order valence-corrected chi connectivity index (χ0v) is 10.7. The largest absolute Gasteiger partial charge is 0.508 e.